The van der Waals surface area contributed by atoms with Crippen LogP contribution in [0.3, 0.4) is 0 Å². The number of pyridine rings is 1. The fraction of sp³-hybridized carbons (Fsp3) is 0.267. The van der Waals surface area contributed by atoms with Crippen molar-refractivity contribution in [3.63, 3.8) is 0 Å². The number of sulfonamides is 1. The predicted octanol–water partition coefficient (Wildman–Crippen LogP) is 4.07. The Kier molecular flexibility index (Phi) is 9.74. The van der Waals surface area contributed by atoms with Gasteiger partial charge < -0.3 is 5.32 Å². The number of nitrogens with zero attached hydrogens (tertiary/aromatic N) is 3. The van der Waals surface area contributed by atoms with Crippen molar-refractivity contribution in [1.82, 2.24) is 20.1 Å². The number of benzene rings is 2. The number of carbonyl (C=O) groups excluding carboxylic acids is 2. The van der Waals surface area contributed by atoms with E-state index >= 15 is 0 Å². The molecule has 0 unspecified atom stereocenters. The minimum atomic E-state index is -4.10. The van der Waals surface area contributed by atoms with Gasteiger partial charge in [-0.1, -0.05) is 61.9 Å². The zero-order chi connectivity index (χ0) is 29.6. The first-order valence-corrected chi connectivity index (χ1v) is 15.4. The number of amides is 1. The quantitative estimate of drug-likeness (QED) is 0.168. The molecule has 0 spiro atoms. The molecule has 2 aromatic heterocycles. The van der Waals surface area contributed by atoms with Crippen molar-refractivity contribution in [2.75, 3.05) is 5.75 Å². The van der Waals surface area contributed by atoms with Crippen LogP contribution >= 0.6 is 12.6 Å². The van der Waals surface area contributed by atoms with Gasteiger partial charge in [-0.2, -0.15) is 17.7 Å². The SMILES string of the molecule is CCCc1cc(C(=O)N[C@@H](CS)Cc2ccccc2)nn1Cc1ccc(-c2cccc(S(N)(=O)=O)c2C(C)=O)nc1. The van der Waals surface area contributed by atoms with Gasteiger partial charge in [-0.15, -0.1) is 0 Å². The summed E-state index contributed by atoms with van der Waals surface area (Å²) < 4.78 is 25.9. The lowest BCUT2D eigenvalue weighted by Crippen LogP contribution is -2.38. The van der Waals surface area contributed by atoms with E-state index in [9.17, 15) is 18.0 Å². The van der Waals surface area contributed by atoms with Crippen molar-refractivity contribution in [1.29, 1.82) is 0 Å². The van der Waals surface area contributed by atoms with Gasteiger partial charge in [0.05, 0.1) is 17.1 Å². The molecule has 0 bridgehead atoms. The number of aromatic nitrogens is 3. The van der Waals surface area contributed by atoms with Crippen molar-refractivity contribution < 1.29 is 18.0 Å². The normalized spacial score (nSPS) is 12.2. The van der Waals surface area contributed by atoms with E-state index in [1.54, 1.807) is 23.0 Å². The number of nitrogens with two attached hydrogens (primary N) is 1. The summed E-state index contributed by atoms with van der Waals surface area (Å²) in [5.41, 5.74) is 4.03. The van der Waals surface area contributed by atoms with E-state index in [1.807, 2.05) is 42.5 Å². The number of aryl methyl sites for hydroxylation is 1. The monoisotopic (exact) mass is 591 g/mol. The van der Waals surface area contributed by atoms with Crippen molar-refractivity contribution in [3.05, 3.63) is 101 Å². The number of primary sulfonamides is 1. The van der Waals surface area contributed by atoms with Crippen molar-refractivity contribution in [2.45, 2.75) is 50.6 Å². The molecule has 1 amide bonds. The van der Waals surface area contributed by atoms with Crippen LogP contribution < -0.4 is 10.5 Å². The second kappa shape index (κ2) is 13.2. The molecule has 0 aliphatic heterocycles. The van der Waals surface area contributed by atoms with Gasteiger partial charge in [0.25, 0.3) is 5.91 Å². The zero-order valence-corrected chi connectivity index (χ0v) is 24.7. The van der Waals surface area contributed by atoms with Gasteiger partial charge in [-0.05, 0) is 49.1 Å². The standard InChI is InChI=1S/C30H33N5O4S2/c1-3-8-24-16-27(30(37)33-23(19-40)15-21-9-5-4-6-10-21)34-35(24)18-22-13-14-26(32-17-22)25-11-7-12-28(41(31,38)39)29(25)20(2)36/h4-7,9-14,16-17,23,40H,3,8,15,18-19H2,1-2H3,(H,33,37)(H2,31,38,39)/t23-/m1/s1. The van der Waals surface area contributed by atoms with Crippen LogP contribution in [0.2, 0.25) is 0 Å². The van der Waals surface area contributed by atoms with Gasteiger partial charge in [0.2, 0.25) is 10.0 Å². The smallest absolute Gasteiger partial charge is 0.272 e. The minimum Gasteiger partial charge on any atom is -0.347 e. The molecule has 214 valence electrons. The van der Waals surface area contributed by atoms with Crippen LogP contribution in [0, 0.1) is 0 Å². The maximum absolute atomic E-state index is 13.1. The molecule has 0 radical (unpaired) electrons. The molecule has 9 nitrogen and oxygen atoms in total. The molecule has 41 heavy (non-hydrogen) atoms. The Bertz CT molecular complexity index is 1640. The van der Waals surface area contributed by atoms with E-state index in [0.29, 0.717) is 35.7 Å². The van der Waals surface area contributed by atoms with E-state index in [1.165, 1.54) is 19.1 Å². The second-order valence-corrected chi connectivity index (χ2v) is 11.7. The molecular weight excluding hydrogens is 558 g/mol. The van der Waals surface area contributed by atoms with Gasteiger partial charge in [-0.3, -0.25) is 19.3 Å². The summed E-state index contributed by atoms with van der Waals surface area (Å²) in [6.45, 7) is 3.74. The third-order valence-electron chi connectivity index (χ3n) is 6.60. The first kappa shape index (κ1) is 30.2. The first-order chi connectivity index (χ1) is 19.6. The van der Waals surface area contributed by atoms with E-state index < -0.39 is 15.8 Å². The lowest BCUT2D eigenvalue weighted by atomic mass is 10.0. The lowest BCUT2D eigenvalue weighted by molar-refractivity contribution is 0.0934. The largest absolute Gasteiger partial charge is 0.347 e. The molecule has 0 saturated heterocycles. The lowest BCUT2D eigenvalue weighted by Gasteiger charge is -2.16. The number of nitrogens with one attached hydrogen (secondary N) is 1. The van der Waals surface area contributed by atoms with Crippen molar-refractivity contribution >= 4 is 34.3 Å². The fourth-order valence-electron chi connectivity index (χ4n) is 4.67. The predicted molar refractivity (Wildman–Crippen MR) is 162 cm³/mol. The van der Waals surface area contributed by atoms with Crippen LogP contribution in [0.4, 0.5) is 0 Å². The molecule has 4 aromatic rings. The van der Waals surface area contributed by atoms with E-state index in [2.05, 4.69) is 35.0 Å². The molecule has 0 aliphatic rings. The Morgan fingerprint density at radius 3 is 2.41 bits per heavy atom. The number of ketones is 1. The van der Waals surface area contributed by atoms with Crippen LogP contribution in [0.1, 0.15) is 57.9 Å². The van der Waals surface area contributed by atoms with Gasteiger partial charge in [0.15, 0.2) is 5.78 Å². The molecule has 2 aromatic carbocycles. The van der Waals surface area contributed by atoms with Gasteiger partial charge in [0.1, 0.15) is 5.69 Å². The van der Waals surface area contributed by atoms with E-state index in [-0.39, 0.29) is 22.4 Å². The van der Waals surface area contributed by atoms with Gasteiger partial charge >= 0.3 is 0 Å². The third-order valence-corrected chi connectivity index (χ3v) is 7.99. The topological polar surface area (TPSA) is 137 Å². The summed E-state index contributed by atoms with van der Waals surface area (Å²) in [5, 5.41) is 13.0. The molecule has 1 atom stereocenters. The van der Waals surface area contributed by atoms with Crippen molar-refractivity contribution in [3.8, 4) is 11.3 Å². The fourth-order valence-corrected chi connectivity index (χ4v) is 5.70. The minimum absolute atomic E-state index is 0.00925. The van der Waals surface area contributed by atoms with Crippen LogP contribution in [-0.4, -0.2) is 46.7 Å². The summed E-state index contributed by atoms with van der Waals surface area (Å²) in [6.07, 6.45) is 3.94. The van der Waals surface area contributed by atoms with E-state index in [4.69, 9.17) is 5.14 Å². The van der Waals surface area contributed by atoms with Crippen LogP contribution in [0.15, 0.2) is 77.8 Å². The van der Waals surface area contributed by atoms with Crippen LogP contribution in [0.5, 0.6) is 0 Å². The number of hydrogen-bond acceptors (Lipinski definition) is 7. The number of rotatable bonds is 12. The first-order valence-electron chi connectivity index (χ1n) is 13.2. The highest BCUT2D eigenvalue weighted by Gasteiger charge is 2.22. The van der Waals surface area contributed by atoms with E-state index in [0.717, 1.165) is 29.7 Å². The summed E-state index contributed by atoms with van der Waals surface area (Å²) >= 11 is 4.43. The number of carbonyl (C=O) groups is 2. The maximum Gasteiger partial charge on any atom is 0.272 e. The Labute approximate surface area is 245 Å². The second-order valence-electron chi connectivity index (χ2n) is 9.80. The molecule has 0 fully saturated rings. The molecule has 2 heterocycles. The molecule has 0 saturated carbocycles. The molecule has 3 N–H and O–H groups in total. The molecule has 11 heteroatoms. The Balaban J connectivity index is 1.55. The molecule has 0 aliphatic carbocycles. The highest BCUT2D eigenvalue weighted by atomic mass is 32.2. The van der Waals surface area contributed by atoms with Crippen LogP contribution in [-0.2, 0) is 29.4 Å². The average Bonchev–Trinajstić information content (AvgIpc) is 3.35. The summed E-state index contributed by atoms with van der Waals surface area (Å²) in [6, 6.07) is 19.7. The third kappa shape index (κ3) is 7.49. The average molecular weight is 592 g/mol. The maximum atomic E-state index is 13.1. The highest BCUT2D eigenvalue weighted by Crippen LogP contribution is 2.28. The Morgan fingerprint density at radius 2 is 1.80 bits per heavy atom. The number of thiol groups is 1. The van der Waals surface area contributed by atoms with Crippen molar-refractivity contribution in [2.24, 2.45) is 5.14 Å². The summed E-state index contributed by atoms with van der Waals surface area (Å²) in [5.74, 6) is -0.186. The highest BCUT2D eigenvalue weighted by molar-refractivity contribution is 7.89. The Hall–Kier alpha value is -3.80. The zero-order valence-electron chi connectivity index (χ0n) is 22.9. The van der Waals surface area contributed by atoms with Crippen LogP contribution in [0.25, 0.3) is 11.3 Å². The van der Waals surface area contributed by atoms with Gasteiger partial charge in [-0.25, -0.2) is 13.6 Å². The summed E-state index contributed by atoms with van der Waals surface area (Å²) in [7, 11) is -4.10. The number of hydrogen-bond donors (Lipinski definition) is 3. The molecular formula is C30H33N5O4S2. The molecule has 4 rings (SSSR count). The van der Waals surface area contributed by atoms with Gasteiger partial charge in [0, 0.05) is 34.8 Å². The number of Topliss-reactive ketones (excluding diaryl/α,β-unsaturated/α-hetero) is 1. The Morgan fingerprint density at radius 1 is 1.05 bits per heavy atom. The summed E-state index contributed by atoms with van der Waals surface area (Å²) in [4.78, 5) is 29.7.